The Morgan fingerprint density at radius 1 is 0.426 bits per heavy atom. The van der Waals surface area contributed by atoms with E-state index in [0.29, 0.717) is 0 Å². The largest absolute Gasteiger partial charge is 0.455 e. The predicted octanol–water partition coefficient (Wildman–Crippen LogP) is 13.1. The van der Waals surface area contributed by atoms with Gasteiger partial charge in [-0.25, -0.2) is 0 Å². The summed E-state index contributed by atoms with van der Waals surface area (Å²) in [7, 11) is -1.90. The molecule has 0 saturated carbocycles. The highest BCUT2D eigenvalue weighted by Gasteiger charge is 2.36. The molecule has 7 aromatic carbocycles. The number of furan rings is 1. The van der Waals surface area contributed by atoms with Crippen molar-refractivity contribution in [1.82, 2.24) is 4.57 Å². The molecule has 0 atom stereocenters. The molecule has 0 aliphatic heterocycles. The zero-order valence-corrected chi connectivity index (χ0v) is 27.3. The topological polar surface area (TPSA) is 18.1 Å². The van der Waals surface area contributed by atoms with Crippen LogP contribution in [0.5, 0.6) is 0 Å². The normalized spacial score (nSPS) is 12.0. The zero-order chi connectivity index (χ0) is 31.8. The van der Waals surface area contributed by atoms with Crippen LogP contribution in [-0.2, 0) is 0 Å². The summed E-state index contributed by atoms with van der Waals surface area (Å²) in [5, 5.41) is 4.77. The maximum Gasteiger partial charge on any atom is 0.148 e. The average molecular weight is 626 g/mol. The van der Waals surface area contributed by atoms with Crippen molar-refractivity contribution in [3.63, 3.8) is 0 Å². The van der Waals surface area contributed by atoms with Gasteiger partial charge in [0.1, 0.15) is 11.2 Å². The van der Waals surface area contributed by atoms with E-state index in [-0.39, 0.29) is 0 Å². The Kier molecular flexibility index (Phi) is 7.40. The molecule has 0 spiro atoms. The lowest BCUT2D eigenvalue weighted by Gasteiger charge is -2.41. The number of hydrogen-bond acceptors (Lipinski definition) is 1. The van der Waals surface area contributed by atoms with Crippen molar-refractivity contribution in [2.75, 3.05) is 0 Å². The Balaban J connectivity index is 0.00000159. The van der Waals surface area contributed by atoms with Crippen molar-refractivity contribution >= 4 is 53.8 Å². The molecule has 2 nitrogen and oxygen atoms in total. The fourth-order valence-corrected chi connectivity index (χ4v) is 11.0. The number of fused-ring (bicyclic) bond motifs is 6. The van der Waals surface area contributed by atoms with Gasteiger partial charge in [-0.1, -0.05) is 117 Å². The van der Waals surface area contributed by atoms with Crippen molar-refractivity contribution in [2.24, 2.45) is 0 Å². The number of aromatic nitrogens is 1. The first-order valence-electron chi connectivity index (χ1n) is 16.3. The molecule has 0 fully saturated rings. The predicted molar refractivity (Wildman–Crippen MR) is 199 cm³/mol. The minimum Gasteiger partial charge on any atom is -0.455 e. The maximum atomic E-state index is 6.91. The Bertz CT molecular complexity index is 2330. The Morgan fingerprint density at radius 2 is 0.894 bits per heavy atom. The van der Waals surface area contributed by atoms with E-state index in [1.165, 1.54) is 41.4 Å². The molecular weight excluding hydrogens is 591 g/mol. The highest BCUT2D eigenvalue weighted by Crippen LogP contribution is 2.74. The number of benzene rings is 7. The van der Waals surface area contributed by atoms with E-state index < -0.39 is 10.0 Å². The molecule has 0 unspecified atom stereocenters. The van der Waals surface area contributed by atoms with Gasteiger partial charge in [-0.05, 0) is 72.8 Å². The number of nitrogens with zero attached hydrogens (tertiary/aromatic N) is 1. The van der Waals surface area contributed by atoms with Crippen molar-refractivity contribution in [3.05, 3.63) is 176 Å². The highest BCUT2D eigenvalue weighted by molar-refractivity contribution is 8.34. The van der Waals surface area contributed by atoms with Gasteiger partial charge in [0.25, 0.3) is 0 Å². The van der Waals surface area contributed by atoms with Gasteiger partial charge in [0, 0.05) is 46.8 Å². The summed E-state index contributed by atoms with van der Waals surface area (Å²) in [5.41, 5.74) is 5.36. The van der Waals surface area contributed by atoms with Crippen LogP contribution in [0.25, 0.3) is 49.4 Å². The molecule has 0 aliphatic rings. The van der Waals surface area contributed by atoms with Gasteiger partial charge in [-0.3, -0.25) is 0 Å². The third-order valence-electron chi connectivity index (χ3n) is 8.90. The lowest BCUT2D eigenvalue weighted by atomic mass is 10.1. The SMILES string of the molecule is CC.c1ccc(S(c2ccccc2)(c2ccccc2)c2cccc3c2oc2ccc(-n4c5ccccc5c5ccccc54)cc23)cc1. The molecule has 228 valence electrons. The van der Waals surface area contributed by atoms with Crippen LogP contribution in [0.4, 0.5) is 0 Å². The second-order valence-electron chi connectivity index (χ2n) is 11.3. The van der Waals surface area contributed by atoms with E-state index in [1.54, 1.807) is 0 Å². The van der Waals surface area contributed by atoms with Crippen LogP contribution in [0.15, 0.2) is 200 Å². The smallest absolute Gasteiger partial charge is 0.148 e. The molecular formula is C44H35NOS. The monoisotopic (exact) mass is 625 g/mol. The van der Waals surface area contributed by atoms with E-state index in [4.69, 9.17) is 4.42 Å². The first-order chi connectivity index (χ1) is 23.3. The van der Waals surface area contributed by atoms with Gasteiger partial charge in [0.15, 0.2) is 0 Å². The van der Waals surface area contributed by atoms with Crippen molar-refractivity contribution in [3.8, 4) is 5.69 Å². The fraction of sp³-hybridized carbons (Fsp3) is 0.0455. The van der Waals surface area contributed by atoms with Gasteiger partial charge in [0.05, 0.1) is 11.0 Å². The van der Waals surface area contributed by atoms with Crippen LogP contribution in [0, 0.1) is 0 Å². The first-order valence-corrected chi connectivity index (χ1v) is 17.9. The second kappa shape index (κ2) is 12.0. The second-order valence-corrected chi connectivity index (χ2v) is 14.4. The fourth-order valence-electron chi connectivity index (χ4n) is 7.00. The first kappa shape index (κ1) is 28.9. The van der Waals surface area contributed by atoms with Crippen LogP contribution in [-0.4, -0.2) is 4.57 Å². The van der Waals surface area contributed by atoms with Gasteiger partial charge in [0.2, 0.25) is 0 Å². The van der Waals surface area contributed by atoms with E-state index in [0.717, 1.165) is 27.6 Å². The van der Waals surface area contributed by atoms with Crippen LogP contribution in [0.2, 0.25) is 0 Å². The van der Waals surface area contributed by atoms with Gasteiger partial charge in [-0.2, -0.15) is 0 Å². The molecule has 0 saturated heterocycles. The Labute approximate surface area is 276 Å². The molecule has 47 heavy (non-hydrogen) atoms. The van der Waals surface area contributed by atoms with Crippen LogP contribution < -0.4 is 0 Å². The Hall–Kier alpha value is -5.51. The standard InChI is InChI=1S/C42H29NOS.C2H6/c1-4-15-31(16-5-1)45(32-17-6-2-7-18-32,33-19-8-3-9-20-33)41-26-14-23-36-37-29-30(27-28-40(37)44-42(36)41)43-38-24-12-10-21-34(38)35-22-11-13-25-39(35)43;1-2/h1-29H;1-2H3. The van der Waals surface area contributed by atoms with Crippen LogP contribution >= 0.6 is 10.0 Å². The lowest BCUT2D eigenvalue weighted by Crippen LogP contribution is -2.05. The van der Waals surface area contributed by atoms with Crippen LogP contribution in [0.1, 0.15) is 13.8 Å². The van der Waals surface area contributed by atoms with Crippen molar-refractivity contribution in [2.45, 2.75) is 33.4 Å². The molecule has 0 N–H and O–H groups in total. The lowest BCUT2D eigenvalue weighted by molar-refractivity contribution is 0.659. The van der Waals surface area contributed by atoms with E-state index in [9.17, 15) is 0 Å². The molecule has 0 bridgehead atoms. The van der Waals surface area contributed by atoms with E-state index >= 15 is 0 Å². The number of rotatable bonds is 5. The molecule has 3 heteroatoms. The zero-order valence-electron chi connectivity index (χ0n) is 26.5. The molecule has 2 heterocycles. The summed E-state index contributed by atoms with van der Waals surface area (Å²) in [6.07, 6.45) is 0. The molecule has 2 aromatic heterocycles. The molecule has 9 rings (SSSR count). The average Bonchev–Trinajstić information content (AvgIpc) is 3.70. The van der Waals surface area contributed by atoms with Gasteiger partial charge >= 0.3 is 0 Å². The maximum absolute atomic E-state index is 6.91. The van der Waals surface area contributed by atoms with Crippen LogP contribution in [0.3, 0.4) is 0 Å². The minimum atomic E-state index is -1.90. The third-order valence-corrected chi connectivity index (χ3v) is 12.8. The van der Waals surface area contributed by atoms with E-state index in [2.05, 4.69) is 180 Å². The number of hydrogen-bond donors (Lipinski definition) is 0. The van der Waals surface area contributed by atoms with E-state index in [1.807, 2.05) is 13.8 Å². The van der Waals surface area contributed by atoms with Crippen molar-refractivity contribution < 1.29 is 4.42 Å². The van der Waals surface area contributed by atoms with Crippen molar-refractivity contribution in [1.29, 1.82) is 0 Å². The molecule has 0 radical (unpaired) electrons. The summed E-state index contributed by atoms with van der Waals surface area (Å²) >= 11 is 0. The summed E-state index contributed by atoms with van der Waals surface area (Å²) in [6.45, 7) is 4.00. The Morgan fingerprint density at radius 3 is 1.43 bits per heavy atom. The molecule has 9 aromatic rings. The molecule has 0 aliphatic carbocycles. The number of para-hydroxylation sites is 3. The summed E-state index contributed by atoms with van der Waals surface area (Å²) in [5.74, 6) is 0. The van der Waals surface area contributed by atoms with Gasteiger partial charge < -0.3 is 8.98 Å². The highest BCUT2D eigenvalue weighted by atomic mass is 32.3. The molecule has 0 amide bonds. The summed E-state index contributed by atoms with van der Waals surface area (Å²) in [4.78, 5) is 5.04. The quantitative estimate of drug-likeness (QED) is 0.186. The third kappa shape index (κ3) is 4.50. The summed E-state index contributed by atoms with van der Waals surface area (Å²) in [6, 6.07) is 63.5. The summed E-state index contributed by atoms with van der Waals surface area (Å²) < 4.78 is 9.29. The minimum absolute atomic E-state index is 0.893. The van der Waals surface area contributed by atoms with Gasteiger partial charge in [-0.15, -0.1) is 10.0 Å².